The van der Waals surface area contributed by atoms with E-state index in [1.807, 2.05) is 7.05 Å². The zero-order chi connectivity index (χ0) is 16.1. The van der Waals surface area contributed by atoms with Crippen LogP contribution in [0.1, 0.15) is 38.5 Å². The molecule has 0 aromatic carbocycles. The molecule has 5 rings (SSSR count). The minimum Gasteiger partial charge on any atom is -0.375 e. The van der Waals surface area contributed by atoms with Crippen LogP contribution in [0.5, 0.6) is 0 Å². The number of nitrogens with one attached hydrogen (secondary N) is 1. The van der Waals surface area contributed by atoms with Gasteiger partial charge in [-0.05, 0) is 50.5 Å². The van der Waals surface area contributed by atoms with Crippen molar-refractivity contribution in [3.63, 3.8) is 0 Å². The number of likely N-dealkylation sites (tertiary alicyclic amines) is 1. The molecule has 1 N–H and O–H groups in total. The summed E-state index contributed by atoms with van der Waals surface area (Å²) in [4.78, 5) is 9.92. The molecule has 5 heterocycles. The Morgan fingerprint density at radius 2 is 2.12 bits per heavy atom. The monoisotopic (exact) mass is 332 g/mol. The molecular weight excluding hydrogens is 300 g/mol. The fraction of sp³-hybridized carbons (Fsp3) is 0.947. The van der Waals surface area contributed by atoms with Gasteiger partial charge in [-0.1, -0.05) is 6.42 Å². The zero-order valence-corrected chi connectivity index (χ0v) is 15.0. The Kier molecular flexibility index (Phi) is 3.97. The van der Waals surface area contributed by atoms with Crippen LogP contribution < -0.4 is 5.32 Å². The van der Waals surface area contributed by atoms with Crippen molar-refractivity contribution in [2.45, 2.75) is 56.8 Å². The van der Waals surface area contributed by atoms with E-state index < -0.39 is 0 Å². The van der Waals surface area contributed by atoms with Crippen LogP contribution in [0.3, 0.4) is 0 Å². The third kappa shape index (κ3) is 2.55. The van der Waals surface area contributed by atoms with Gasteiger partial charge in [0, 0.05) is 45.2 Å². The minimum absolute atomic E-state index is 0.509. The van der Waals surface area contributed by atoms with Crippen molar-refractivity contribution in [2.24, 2.45) is 22.7 Å². The van der Waals surface area contributed by atoms with Crippen LogP contribution >= 0.6 is 0 Å². The van der Waals surface area contributed by atoms with E-state index >= 15 is 0 Å². The van der Waals surface area contributed by atoms with Gasteiger partial charge in [0.15, 0.2) is 5.96 Å². The molecule has 6 atom stereocenters. The summed E-state index contributed by atoms with van der Waals surface area (Å²) in [5.74, 6) is 3.55. The summed E-state index contributed by atoms with van der Waals surface area (Å²) in [6.45, 7) is 6.11. The summed E-state index contributed by atoms with van der Waals surface area (Å²) in [7, 11) is 1.95. The Morgan fingerprint density at radius 1 is 1.17 bits per heavy atom. The summed E-state index contributed by atoms with van der Waals surface area (Å²) in [5.41, 5.74) is 0. The summed E-state index contributed by atoms with van der Waals surface area (Å²) in [6.07, 6.45) is 9.11. The SMILES string of the molecule is CN=C(NC[C@@H]1C[C@H]2CC[C@H]1O2)N1C[C@@H]2CN3CCCC[C@@H]3[C@@H]2C1. The van der Waals surface area contributed by atoms with Crippen molar-refractivity contribution in [3.05, 3.63) is 0 Å². The van der Waals surface area contributed by atoms with Crippen LogP contribution in [0.25, 0.3) is 0 Å². The smallest absolute Gasteiger partial charge is 0.193 e. The fourth-order valence-corrected chi connectivity index (χ4v) is 6.24. The van der Waals surface area contributed by atoms with Gasteiger partial charge < -0.3 is 15.0 Å². The molecule has 5 saturated heterocycles. The Labute approximate surface area is 145 Å². The first-order valence-electron chi connectivity index (χ1n) is 10.2. The average Bonchev–Trinajstić information content (AvgIpc) is 3.35. The first-order valence-corrected chi connectivity index (χ1v) is 10.2. The van der Waals surface area contributed by atoms with Gasteiger partial charge in [0.05, 0.1) is 12.2 Å². The van der Waals surface area contributed by atoms with Crippen LogP contribution in [0.2, 0.25) is 0 Å². The van der Waals surface area contributed by atoms with Gasteiger partial charge >= 0.3 is 0 Å². The van der Waals surface area contributed by atoms with Crippen LogP contribution in [0.4, 0.5) is 0 Å². The third-order valence-corrected chi connectivity index (χ3v) is 7.38. The van der Waals surface area contributed by atoms with E-state index in [9.17, 15) is 0 Å². The van der Waals surface area contributed by atoms with Crippen molar-refractivity contribution in [1.82, 2.24) is 15.1 Å². The number of ether oxygens (including phenoxy) is 1. The maximum atomic E-state index is 6.00. The highest BCUT2D eigenvalue weighted by molar-refractivity contribution is 5.80. The van der Waals surface area contributed by atoms with E-state index in [-0.39, 0.29) is 0 Å². The second-order valence-corrected chi connectivity index (χ2v) is 8.68. The number of piperidine rings is 1. The van der Waals surface area contributed by atoms with Gasteiger partial charge in [0.2, 0.25) is 0 Å². The number of nitrogens with zero attached hydrogens (tertiary/aromatic N) is 3. The molecule has 0 aromatic rings. The topological polar surface area (TPSA) is 40.1 Å². The van der Waals surface area contributed by atoms with Crippen molar-refractivity contribution >= 4 is 5.96 Å². The molecule has 5 aliphatic heterocycles. The Morgan fingerprint density at radius 3 is 2.92 bits per heavy atom. The van der Waals surface area contributed by atoms with Gasteiger partial charge in [-0.15, -0.1) is 0 Å². The molecule has 5 aliphatic rings. The molecule has 5 fully saturated rings. The number of aliphatic imine (C=N–C) groups is 1. The maximum Gasteiger partial charge on any atom is 0.193 e. The number of rotatable bonds is 2. The lowest BCUT2D eigenvalue weighted by Gasteiger charge is -2.33. The lowest BCUT2D eigenvalue weighted by molar-refractivity contribution is 0.0929. The fourth-order valence-electron chi connectivity index (χ4n) is 6.24. The second kappa shape index (κ2) is 6.17. The van der Waals surface area contributed by atoms with Crippen LogP contribution in [-0.4, -0.2) is 73.8 Å². The maximum absolute atomic E-state index is 6.00. The van der Waals surface area contributed by atoms with Crippen LogP contribution in [0, 0.1) is 17.8 Å². The van der Waals surface area contributed by atoms with E-state index in [4.69, 9.17) is 4.74 Å². The zero-order valence-electron chi connectivity index (χ0n) is 15.0. The van der Waals surface area contributed by atoms with E-state index in [2.05, 4.69) is 20.1 Å². The van der Waals surface area contributed by atoms with Gasteiger partial charge in [0.1, 0.15) is 0 Å². The molecule has 2 bridgehead atoms. The summed E-state index contributed by atoms with van der Waals surface area (Å²) < 4.78 is 6.00. The van der Waals surface area contributed by atoms with Crippen LogP contribution in [-0.2, 0) is 4.74 Å². The number of fused-ring (bicyclic) bond motifs is 5. The van der Waals surface area contributed by atoms with Crippen molar-refractivity contribution in [3.8, 4) is 0 Å². The second-order valence-electron chi connectivity index (χ2n) is 8.68. The highest BCUT2D eigenvalue weighted by atomic mass is 16.5. The summed E-state index contributed by atoms with van der Waals surface area (Å²) in [5, 5.41) is 3.68. The number of hydrogen-bond acceptors (Lipinski definition) is 3. The van der Waals surface area contributed by atoms with Gasteiger partial charge in [-0.25, -0.2) is 0 Å². The predicted octanol–water partition coefficient (Wildman–Crippen LogP) is 1.55. The van der Waals surface area contributed by atoms with Gasteiger partial charge in [0.25, 0.3) is 0 Å². The lowest BCUT2D eigenvalue weighted by atomic mass is 9.89. The predicted molar refractivity (Wildman–Crippen MR) is 95.1 cm³/mol. The Bertz CT molecular complexity index is 510. The van der Waals surface area contributed by atoms with Crippen molar-refractivity contribution < 1.29 is 4.74 Å². The molecule has 0 aromatic heterocycles. The molecule has 0 spiro atoms. The van der Waals surface area contributed by atoms with E-state index in [1.165, 1.54) is 64.7 Å². The first kappa shape index (κ1) is 15.4. The van der Waals surface area contributed by atoms with Crippen molar-refractivity contribution in [1.29, 1.82) is 0 Å². The largest absolute Gasteiger partial charge is 0.375 e. The molecule has 134 valence electrons. The Hall–Kier alpha value is -0.810. The van der Waals surface area contributed by atoms with Gasteiger partial charge in [-0.3, -0.25) is 9.89 Å². The molecule has 0 aliphatic carbocycles. The summed E-state index contributed by atoms with van der Waals surface area (Å²) >= 11 is 0. The van der Waals surface area contributed by atoms with Gasteiger partial charge in [-0.2, -0.15) is 0 Å². The van der Waals surface area contributed by atoms with E-state index in [0.717, 1.165) is 30.4 Å². The molecule has 0 saturated carbocycles. The van der Waals surface area contributed by atoms with Crippen molar-refractivity contribution in [2.75, 3.05) is 39.8 Å². The highest BCUT2D eigenvalue weighted by Crippen LogP contribution is 2.41. The number of hydrogen-bond donors (Lipinski definition) is 1. The molecule has 24 heavy (non-hydrogen) atoms. The normalized spacial score (nSPS) is 44.9. The highest BCUT2D eigenvalue weighted by Gasteiger charge is 2.48. The van der Waals surface area contributed by atoms with E-state index in [0.29, 0.717) is 18.1 Å². The third-order valence-electron chi connectivity index (χ3n) is 7.38. The quantitative estimate of drug-likeness (QED) is 0.615. The lowest BCUT2D eigenvalue weighted by Crippen LogP contribution is -2.46. The summed E-state index contributed by atoms with van der Waals surface area (Å²) in [6, 6.07) is 0.853. The standard InChI is InChI=1S/C19H32N4O/c1-20-19(21-9-13-8-15-5-6-18(13)24-15)23-11-14-10-22-7-3-2-4-17(22)16(14)12-23/h13-18H,2-12H2,1H3,(H,20,21)/t13-,14-,15+,16+,17+,18+/m0/s1. The molecule has 5 nitrogen and oxygen atoms in total. The Balaban J connectivity index is 1.18. The average molecular weight is 332 g/mol. The van der Waals surface area contributed by atoms with E-state index in [1.54, 1.807) is 0 Å². The molecule has 0 radical (unpaired) electrons. The molecule has 5 heteroatoms. The number of guanidine groups is 1. The minimum atomic E-state index is 0.509. The molecule has 0 amide bonds. The molecule has 0 unspecified atom stereocenters. The first-order chi connectivity index (χ1) is 11.8. The molecular formula is C19H32N4O. The van der Waals surface area contributed by atoms with Crippen LogP contribution in [0.15, 0.2) is 4.99 Å².